The van der Waals surface area contributed by atoms with Crippen molar-refractivity contribution >= 4 is 16.5 Å². The highest BCUT2D eigenvalue weighted by molar-refractivity contribution is 7.15. The number of hydrogen-bond acceptors (Lipinski definition) is 5. The molecule has 16 heavy (non-hydrogen) atoms. The molecule has 0 atom stereocenters. The lowest BCUT2D eigenvalue weighted by atomic mass is 9.89. The first-order valence-corrected chi connectivity index (χ1v) is 6.60. The second-order valence-electron chi connectivity index (χ2n) is 4.77. The van der Waals surface area contributed by atoms with Crippen LogP contribution in [0.25, 0.3) is 0 Å². The molecule has 0 amide bonds. The van der Waals surface area contributed by atoms with Crippen molar-refractivity contribution in [1.82, 2.24) is 10.2 Å². The van der Waals surface area contributed by atoms with Gasteiger partial charge in [0.1, 0.15) is 5.01 Å². The Kier molecular flexibility index (Phi) is 3.76. The number of methoxy groups -OCH3 is 1. The van der Waals surface area contributed by atoms with E-state index in [1.165, 1.54) is 0 Å². The first-order valence-electron chi connectivity index (χ1n) is 5.79. The second kappa shape index (κ2) is 5.10. The van der Waals surface area contributed by atoms with Crippen molar-refractivity contribution in [2.24, 2.45) is 5.92 Å². The molecule has 0 radical (unpaired) electrons. The molecule has 0 bridgehead atoms. The van der Waals surface area contributed by atoms with Gasteiger partial charge in [0, 0.05) is 19.6 Å². The fourth-order valence-corrected chi connectivity index (χ4v) is 2.82. The first kappa shape index (κ1) is 11.8. The summed E-state index contributed by atoms with van der Waals surface area (Å²) in [7, 11) is 1.77. The van der Waals surface area contributed by atoms with E-state index in [4.69, 9.17) is 4.74 Å². The van der Waals surface area contributed by atoms with Crippen LogP contribution in [0.15, 0.2) is 0 Å². The third-order valence-electron chi connectivity index (χ3n) is 2.81. The van der Waals surface area contributed by atoms with Gasteiger partial charge in [-0.25, -0.2) is 0 Å². The fourth-order valence-electron chi connectivity index (χ4n) is 1.79. The summed E-state index contributed by atoms with van der Waals surface area (Å²) < 4.78 is 5.24. The van der Waals surface area contributed by atoms with Gasteiger partial charge in [-0.1, -0.05) is 25.2 Å². The minimum absolute atomic E-state index is 0.431. The molecule has 0 aromatic carbocycles. The number of rotatable bonds is 5. The van der Waals surface area contributed by atoms with E-state index >= 15 is 0 Å². The number of nitrogens with one attached hydrogen (secondary N) is 1. The van der Waals surface area contributed by atoms with E-state index in [1.807, 2.05) is 0 Å². The van der Waals surface area contributed by atoms with Gasteiger partial charge >= 0.3 is 0 Å². The quantitative estimate of drug-likeness (QED) is 0.859. The summed E-state index contributed by atoms with van der Waals surface area (Å²) in [6, 6.07) is 0.518. The highest BCUT2D eigenvalue weighted by Gasteiger charge is 2.29. The Balaban J connectivity index is 1.80. The molecule has 1 fully saturated rings. The average Bonchev–Trinajstić information content (AvgIpc) is 2.57. The highest BCUT2D eigenvalue weighted by Crippen LogP contribution is 2.27. The van der Waals surface area contributed by atoms with Gasteiger partial charge in [-0.05, 0) is 18.8 Å². The summed E-state index contributed by atoms with van der Waals surface area (Å²) in [4.78, 5) is 0. The zero-order valence-electron chi connectivity index (χ0n) is 10.1. The van der Waals surface area contributed by atoms with Crippen LogP contribution in [-0.2, 0) is 11.2 Å². The van der Waals surface area contributed by atoms with Crippen molar-refractivity contribution in [3.63, 3.8) is 0 Å². The predicted molar refractivity (Wildman–Crippen MR) is 65.9 cm³/mol. The normalized spacial score (nSPS) is 24.5. The molecule has 0 saturated heterocycles. The molecular weight excluding hydrogens is 222 g/mol. The van der Waals surface area contributed by atoms with E-state index in [2.05, 4.69) is 29.4 Å². The smallest absolute Gasteiger partial charge is 0.205 e. The molecule has 0 spiro atoms. The van der Waals surface area contributed by atoms with E-state index in [-0.39, 0.29) is 0 Å². The van der Waals surface area contributed by atoms with Crippen LogP contribution in [0.5, 0.6) is 0 Å². The predicted octanol–water partition coefficient (Wildman–Crippen LogP) is 2.33. The number of aromatic nitrogens is 2. The summed E-state index contributed by atoms with van der Waals surface area (Å²) >= 11 is 1.67. The maximum Gasteiger partial charge on any atom is 0.205 e. The summed E-state index contributed by atoms with van der Waals surface area (Å²) in [5.74, 6) is 0.641. The molecule has 5 heteroatoms. The van der Waals surface area contributed by atoms with Crippen molar-refractivity contribution in [2.75, 3.05) is 12.4 Å². The maximum atomic E-state index is 5.24. The fraction of sp³-hybridized carbons (Fsp3) is 0.818. The van der Waals surface area contributed by atoms with Gasteiger partial charge in [0.2, 0.25) is 5.13 Å². The van der Waals surface area contributed by atoms with Crippen LogP contribution in [0.4, 0.5) is 5.13 Å². The highest BCUT2D eigenvalue weighted by atomic mass is 32.1. The van der Waals surface area contributed by atoms with E-state index in [9.17, 15) is 0 Å². The van der Waals surface area contributed by atoms with Crippen LogP contribution in [-0.4, -0.2) is 29.5 Å². The lowest BCUT2D eigenvalue weighted by Crippen LogP contribution is -2.40. The SMILES string of the molecule is COC1CC(Nc2nnc(CC(C)C)s2)C1. The van der Waals surface area contributed by atoms with Gasteiger partial charge in [-0.15, -0.1) is 10.2 Å². The van der Waals surface area contributed by atoms with Crippen molar-refractivity contribution in [3.05, 3.63) is 5.01 Å². The summed E-state index contributed by atoms with van der Waals surface area (Å²) in [6.45, 7) is 4.40. The number of anilines is 1. The molecule has 0 unspecified atom stereocenters. The van der Waals surface area contributed by atoms with Crippen LogP contribution in [0.1, 0.15) is 31.7 Å². The molecule has 1 saturated carbocycles. The van der Waals surface area contributed by atoms with Gasteiger partial charge in [0.15, 0.2) is 0 Å². The Hall–Kier alpha value is -0.680. The molecule has 1 N–H and O–H groups in total. The molecule has 1 aromatic heterocycles. The van der Waals surface area contributed by atoms with Crippen molar-refractivity contribution in [1.29, 1.82) is 0 Å². The minimum atomic E-state index is 0.431. The molecule has 1 aliphatic carbocycles. The zero-order chi connectivity index (χ0) is 11.5. The summed E-state index contributed by atoms with van der Waals surface area (Å²) in [6.07, 6.45) is 3.61. The van der Waals surface area contributed by atoms with Gasteiger partial charge < -0.3 is 10.1 Å². The van der Waals surface area contributed by atoms with Crippen molar-refractivity contribution in [2.45, 2.75) is 45.3 Å². The largest absolute Gasteiger partial charge is 0.381 e. The topological polar surface area (TPSA) is 47.0 Å². The molecular formula is C11H19N3OS. The monoisotopic (exact) mass is 241 g/mol. The summed E-state index contributed by atoms with van der Waals surface area (Å²) in [5, 5.41) is 13.8. The van der Waals surface area contributed by atoms with E-state index in [1.54, 1.807) is 18.4 Å². The third kappa shape index (κ3) is 2.92. The Morgan fingerprint density at radius 1 is 1.44 bits per heavy atom. The molecule has 1 aliphatic rings. The van der Waals surface area contributed by atoms with Crippen LogP contribution in [0.3, 0.4) is 0 Å². The molecule has 0 aliphatic heterocycles. The molecule has 4 nitrogen and oxygen atoms in total. The van der Waals surface area contributed by atoms with Gasteiger partial charge in [0.05, 0.1) is 6.10 Å². The maximum absolute atomic E-state index is 5.24. The standard InChI is InChI=1S/C11H19N3OS/c1-7(2)4-10-13-14-11(16-10)12-8-5-9(6-8)15-3/h7-9H,4-6H2,1-3H3,(H,12,14). The second-order valence-corrected chi connectivity index (χ2v) is 5.83. The Morgan fingerprint density at radius 3 is 2.81 bits per heavy atom. The van der Waals surface area contributed by atoms with Crippen LogP contribution >= 0.6 is 11.3 Å². The molecule has 90 valence electrons. The van der Waals surface area contributed by atoms with Crippen LogP contribution in [0, 0.1) is 5.92 Å². The Morgan fingerprint density at radius 2 is 2.19 bits per heavy atom. The zero-order valence-corrected chi connectivity index (χ0v) is 10.9. The lowest BCUT2D eigenvalue weighted by Gasteiger charge is -2.34. The van der Waals surface area contributed by atoms with Crippen molar-refractivity contribution in [3.8, 4) is 0 Å². The van der Waals surface area contributed by atoms with E-state index in [0.29, 0.717) is 18.1 Å². The minimum Gasteiger partial charge on any atom is -0.381 e. The Labute approximate surface area is 100 Å². The van der Waals surface area contributed by atoms with Gasteiger partial charge in [0.25, 0.3) is 0 Å². The average molecular weight is 241 g/mol. The van der Waals surface area contributed by atoms with Crippen LogP contribution in [0.2, 0.25) is 0 Å². The lowest BCUT2D eigenvalue weighted by molar-refractivity contribution is 0.0328. The number of hydrogen-bond donors (Lipinski definition) is 1. The number of nitrogens with zero attached hydrogens (tertiary/aromatic N) is 2. The van der Waals surface area contributed by atoms with Crippen molar-refractivity contribution < 1.29 is 4.74 Å². The molecule has 2 rings (SSSR count). The number of ether oxygens (including phenoxy) is 1. The van der Waals surface area contributed by atoms with E-state index in [0.717, 1.165) is 29.4 Å². The van der Waals surface area contributed by atoms with E-state index < -0.39 is 0 Å². The molecule has 1 heterocycles. The molecule has 1 aromatic rings. The van der Waals surface area contributed by atoms with Crippen LogP contribution < -0.4 is 5.32 Å². The van der Waals surface area contributed by atoms with Gasteiger partial charge in [-0.2, -0.15) is 0 Å². The first-order chi connectivity index (χ1) is 7.67. The Bertz CT molecular complexity index is 334. The van der Waals surface area contributed by atoms with Gasteiger partial charge in [-0.3, -0.25) is 0 Å². The third-order valence-corrected chi connectivity index (χ3v) is 3.68. The summed E-state index contributed by atoms with van der Waals surface area (Å²) in [5.41, 5.74) is 0.